The van der Waals surface area contributed by atoms with Gasteiger partial charge in [0.05, 0.1) is 6.54 Å². The number of nitro groups is 1. The van der Waals surface area contributed by atoms with E-state index in [0.29, 0.717) is 0 Å². The molecule has 0 aliphatic heterocycles. The third-order valence-electron chi connectivity index (χ3n) is 0.597. The van der Waals surface area contributed by atoms with Gasteiger partial charge < -0.3 is 5.73 Å². The van der Waals surface area contributed by atoms with E-state index in [0.717, 1.165) is 0 Å². The fraction of sp³-hybridized carbons (Fsp3) is 0.250. The fourth-order valence-electron chi connectivity index (χ4n) is 0.292. The molecule has 3 N–H and O–H groups in total. The highest BCUT2D eigenvalue weighted by Crippen LogP contribution is 1.69. The zero-order chi connectivity index (χ0) is 7.98. The van der Waals surface area contributed by atoms with Crippen LogP contribution in [0.2, 0.25) is 0 Å². The molecule has 0 spiro atoms. The lowest BCUT2D eigenvalue weighted by molar-refractivity contribution is -0.525. The van der Waals surface area contributed by atoms with Gasteiger partial charge in [-0.3, -0.25) is 0 Å². The fourth-order valence-corrected chi connectivity index (χ4v) is 0.292. The quantitative estimate of drug-likeness (QED) is 0.179. The van der Waals surface area contributed by atoms with Crippen LogP contribution in [-0.2, 0) is 0 Å². The van der Waals surface area contributed by atoms with Crippen LogP contribution in [0.15, 0.2) is 17.6 Å². The van der Waals surface area contributed by atoms with Gasteiger partial charge in [0.1, 0.15) is 0 Å². The van der Waals surface area contributed by atoms with Crippen LogP contribution in [0.4, 0.5) is 0 Å². The summed E-state index contributed by atoms with van der Waals surface area (Å²) in [5, 5.41) is 8.90. The van der Waals surface area contributed by atoms with E-state index in [1.54, 1.807) is 5.43 Å². The first-order chi connectivity index (χ1) is 4.66. The minimum Gasteiger partial charge on any atom is -0.365 e. The summed E-state index contributed by atoms with van der Waals surface area (Å²) < 4.78 is 0. The van der Waals surface area contributed by atoms with Gasteiger partial charge in [-0.05, 0) is 0 Å². The summed E-state index contributed by atoms with van der Waals surface area (Å²) in [4.78, 5) is 13.2. The largest absolute Gasteiger partial charge is 0.365 e. The molecule has 0 saturated carbocycles. The van der Waals surface area contributed by atoms with E-state index in [-0.39, 0.29) is 12.5 Å². The average molecular weight is 144 g/mol. The number of guanidine groups is 1. The first-order valence-corrected chi connectivity index (χ1v) is 2.48. The highest BCUT2D eigenvalue weighted by Gasteiger charge is 1.95. The van der Waals surface area contributed by atoms with Crippen molar-refractivity contribution in [2.24, 2.45) is 10.7 Å². The van der Waals surface area contributed by atoms with Crippen LogP contribution < -0.4 is 11.2 Å². The maximum Gasteiger partial charge on any atom is 0.251 e. The number of nitrogens with two attached hydrogens (primary N) is 1. The minimum absolute atomic E-state index is 0.218. The predicted octanol–water partition coefficient (Wildman–Crippen LogP) is -0.732. The maximum atomic E-state index is 9.68. The second kappa shape index (κ2) is 4.30. The molecule has 6 heteroatoms. The molecule has 0 aromatic rings. The van der Waals surface area contributed by atoms with E-state index in [9.17, 15) is 10.1 Å². The molecule has 0 bridgehead atoms. The number of hydrazine groups is 1. The van der Waals surface area contributed by atoms with Gasteiger partial charge in [0, 0.05) is 0 Å². The van der Waals surface area contributed by atoms with Gasteiger partial charge in [-0.1, -0.05) is 11.5 Å². The Bertz CT molecular complexity index is 165. The zero-order valence-electron chi connectivity index (χ0n) is 5.28. The van der Waals surface area contributed by atoms with Crippen LogP contribution in [0.5, 0.6) is 0 Å². The molecule has 0 aromatic heterocycles. The molecule has 56 valence electrons. The van der Waals surface area contributed by atoms with Crippen LogP contribution in [0.25, 0.3) is 0 Å². The molecular formula is C4H8N4O2. The van der Waals surface area contributed by atoms with Gasteiger partial charge in [-0.15, -0.1) is 6.58 Å². The molecule has 0 heterocycles. The summed E-state index contributed by atoms with van der Waals surface area (Å²) >= 11 is 0. The lowest BCUT2D eigenvalue weighted by atomic mass is 10.6. The Morgan fingerprint density at radius 1 is 2.00 bits per heavy atom. The standard InChI is InChI=1S/C4H8N4O2/c1-2-3-6-4(5)7-8(9)10/h2H,1,3H2,(H3,5,6,7). The number of rotatable bonds is 3. The zero-order valence-corrected chi connectivity index (χ0v) is 5.28. The molecule has 0 amide bonds. The molecule has 0 saturated heterocycles. The van der Waals surface area contributed by atoms with E-state index in [1.165, 1.54) is 6.08 Å². The Labute approximate surface area is 57.6 Å². The topological polar surface area (TPSA) is 93.5 Å². The molecular weight excluding hydrogens is 136 g/mol. The van der Waals surface area contributed by atoms with Crippen molar-refractivity contribution >= 4 is 5.96 Å². The molecule has 0 rings (SSSR count). The molecule has 0 aliphatic rings. The lowest BCUT2D eigenvalue weighted by Gasteiger charge is -1.92. The molecule has 6 nitrogen and oxygen atoms in total. The minimum atomic E-state index is -0.776. The van der Waals surface area contributed by atoms with E-state index >= 15 is 0 Å². The van der Waals surface area contributed by atoms with Gasteiger partial charge in [0.25, 0.3) is 5.96 Å². The van der Waals surface area contributed by atoms with Crippen LogP contribution in [0.3, 0.4) is 0 Å². The van der Waals surface area contributed by atoms with Crippen molar-refractivity contribution in [1.29, 1.82) is 0 Å². The molecule has 0 atom stereocenters. The molecule has 10 heavy (non-hydrogen) atoms. The first-order valence-electron chi connectivity index (χ1n) is 2.48. The molecule has 0 aliphatic carbocycles. The SMILES string of the molecule is C=CCN=C(N)N[N+](=O)[O-]. The van der Waals surface area contributed by atoms with E-state index in [4.69, 9.17) is 5.73 Å². The Balaban J connectivity index is 3.70. The Morgan fingerprint density at radius 2 is 2.60 bits per heavy atom. The van der Waals surface area contributed by atoms with Crippen molar-refractivity contribution in [3.05, 3.63) is 22.8 Å². The van der Waals surface area contributed by atoms with Gasteiger partial charge >= 0.3 is 0 Å². The monoisotopic (exact) mass is 144 g/mol. The normalized spacial score (nSPS) is 10.6. The number of hydrogen-bond acceptors (Lipinski definition) is 3. The molecule has 0 aromatic carbocycles. The van der Waals surface area contributed by atoms with Crippen LogP contribution in [-0.4, -0.2) is 17.5 Å². The van der Waals surface area contributed by atoms with Gasteiger partial charge in [0.2, 0.25) is 0 Å². The highest BCUT2D eigenvalue weighted by molar-refractivity contribution is 5.76. The van der Waals surface area contributed by atoms with E-state index in [2.05, 4.69) is 11.6 Å². The van der Waals surface area contributed by atoms with Gasteiger partial charge in [-0.25, -0.2) is 15.1 Å². The van der Waals surface area contributed by atoms with Crippen molar-refractivity contribution in [2.45, 2.75) is 0 Å². The summed E-state index contributed by atoms with van der Waals surface area (Å²) in [6.45, 7) is 3.62. The maximum absolute atomic E-state index is 9.68. The summed E-state index contributed by atoms with van der Waals surface area (Å²) in [5.74, 6) is -0.218. The van der Waals surface area contributed by atoms with Crippen molar-refractivity contribution in [1.82, 2.24) is 5.43 Å². The average Bonchev–Trinajstić information content (AvgIpc) is 1.82. The van der Waals surface area contributed by atoms with Gasteiger partial charge in [0.15, 0.2) is 5.03 Å². The van der Waals surface area contributed by atoms with Crippen LogP contribution in [0.1, 0.15) is 0 Å². The molecule has 0 radical (unpaired) electrons. The van der Waals surface area contributed by atoms with Crippen molar-refractivity contribution < 1.29 is 5.03 Å². The number of nitrogens with one attached hydrogen (secondary N) is 1. The number of nitrogens with zero attached hydrogens (tertiary/aromatic N) is 2. The third-order valence-corrected chi connectivity index (χ3v) is 0.597. The summed E-state index contributed by atoms with van der Waals surface area (Å²) in [5.41, 5.74) is 6.69. The second-order valence-electron chi connectivity index (χ2n) is 1.38. The van der Waals surface area contributed by atoms with E-state index < -0.39 is 5.03 Å². The van der Waals surface area contributed by atoms with Crippen molar-refractivity contribution in [3.63, 3.8) is 0 Å². The molecule has 0 unspecified atom stereocenters. The lowest BCUT2D eigenvalue weighted by Crippen LogP contribution is -2.36. The summed E-state index contributed by atoms with van der Waals surface area (Å²) in [6.07, 6.45) is 1.48. The number of hydrogen-bond donors (Lipinski definition) is 2. The molecule has 0 fully saturated rings. The van der Waals surface area contributed by atoms with Crippen LogP contribution >= 0.6 is 0 Å². The second-order valence-corrected chi connectivity index (χ2v) is 1.38. The van der Waals surface area contributed by atoms with Crippen LogP contribution in [0, 0.1) is 10.1 Å². The Hall–Kier alpha value is -1.59. The predicted molar refractivity (Wildman–Crippen MR) is 36.8 cm³/mol. The first kappa shape index (κ1) is 8.41. The van der Waals surface area contributed by atoms with Gasteiger partial charge in [-0.2, -0.15) is 0 Å². The summed E-state index contributed by atoms with van der Waals surface area (Å²) in [6, 6.07) is 0. The number of aliphatic imine (C=N–C) groups is 1. The van der Waals surface area contributed by atoms with E-state index in [1.807, 2.05) is 0 Å². The van der Waals surface area contributed by atoms with Crippen molar-refractivity contribution in [2.75, 3.05) is 6.54 Å². The smallest absolute Gasteiger partial charge is 0.251 e. The highest BCUT2D eigenvalue weighted by atomic mass is 16.7. The van der Waals surface area contributed by atoms with Crippen molar-refractivity contribution in [3.8, 4) is 0 Å². The third kappa shape index (κ3) is 4.57. The summed E-state index contributed by atoms with van der Waals surface area (Å²) in [7, 11) is 0. The Morgan fingerprint density at radius 3 is 3.00 bits per heavy atom. The Kier molecular flexibility index (Phi) is 3.62.